The van der Waals surface area contributed by atoms with Gasteiger partial charge < -0.3 is 9.42 Å². The molecule has 4 rings (SSSR count). The van der Waals surface area contributed by atoms with Gasteiger partial charge in [-0.25, -0.2) is 9.97 Å². The van der Waals surface area contributed by atoms with Gasteiger partial charge in [-0.15, -0.1) is 0 Å². The molecule has 1 aromatic carbocycles. The van der Waals surface area contributed by atoms with Crippen molar-refractivity contribution in [3.05, 3.63) is 42.3 Å². The third-order valence-electron chi connectivity index (χ3n) is 4.34. The number of benzene rings is 1. The Morgan fingerprint density at radius 2 is 2.00 bits per heavy atom. The van der Waals surface area contributed by atoms with Crippen molar-refractivity contribution in [2.24, 2.45) is 0 Å². The van der Waals surface area contributed by atoms with Crippen molar-refractivity contribution in [1.82, 2.24) is 25.0 Å². The molecule has 0 N–H and O–H groups in total. The van der Waals surface area contributed by atoms with Crippen LogP contribution in [0.2, 0.25) is 0 Å². The van der Waals surface area contributed by atoms with E-state index in [1.54, 1.807) is 6.33 Å². The van der Waals surface area contributed by atoms with E-state index in [2.05, 4.69) is 36.0 Å². The summed E-state index contributed by atoms with van der Waals surface area (Å²) in [7, 11) is 0. The predicted molar refractivity (Wildman–Crippen MR) is 90.7 cm³/mol. The van der Waals surface area contributed by atoms with Gasteiger partial charge >= 0.3 is 0 Å². The van der Waals surface area contributed by atoms with Gasteiger partial charge in [0.15, 0.2) is 5.82 Å². The molecule has 0 saturated carbocycles. The maximum absolute atomic E-state index is 5.06. The van der Waals surface area contributed by atoms with Crippen molar-refractivity contribution >= 4 is 16.7 Å². The third kappa shape index (κ3) is 3.07. The summed E-state index contributed by atoms with van der Waals surface area (Å²) in [6.45, 7) is 6.44. The van der Waals surface area contributed by atoms with Gasteiger partial charge in [-0.1, -0.05) is 17.3 Å². The van der Waals surface area contributed by atoms with Gasteiger partial charge in [-0.2, -0.15) is 4.98 Å². The minimum atomic E-state index is 0.619. The van der Waals surface area contributed by atoms with Crippen LogP contribution in [-0.4, -0.2) is 51.2 Å². The average molecular weight is 324 g/mol. The lowest BCUT2D eigenvalue weighted by Gasteiger charge is -2.23. The fraction of sp³-hybridized carbons (Fsp3) is 0.412. The summed E-state index contributed by atoms with van der Waals surface area (Å²) >= 11 is 0. The Kier molecular flexibility index (Phi) is 4.08. The molecule has 1 aliphatic rings. The fourth-order valence-electron chi connectivity index (χ4n) is 3.19. The molecular formula is C17H20N6O. The molecule has 124 valence electrons. The zero-order valence-corrected chi connectivity index (χ0v) is 13.7. The first-order valence-corrected chi connectivity index (χ1v) is 8.26. The molecule has 0 amide bonds. The number of fused-ring (bicyclic) bond motifs is 1. The normalized spacial score (nSPS) is 16.5. The van der Waals surface area contributed by atoms with Crippen LogP contribution >= 0.6 is 0 Å². The molecule has 0 aliphatic carbocycles. The van der Waals surface area contributed by atoms with Crippen molar-refractivity contribution in [1.29, 1.82) is 0 Å². The molecule has 0 spiro atoms. The van der Waals surface area contributed by atoms with Crippen molar-refractivity contribution in [3.63, 3.8) is 0 Å². The molecule has 0 bridgehead atoms. The summed E-state index contributed by atoms with van der Waals surface area (Å²) in [4.78, 5) is 17.9. The van der Waals surface area contributed by atoms with Crippen LogP contribution in [0, 0.1) is 6.92 Å². The van der Waals surface area contributed by atoms with Crippen LogP contribution in [0.15, 0.2) is 35.1 Å². The predicted octanol–water partition coefficient (Wildman–Crippen LogP) is 2.03. The van der Waals surface area contributed by atoms with Crippen molar-refractivity contribution in [3.8, 4) is 0 Å². The lowest BCUT2D eigenvalue weighted by atomic mass is 10.2. The summed E-state index contributed by atoms with van der Waals surface area (Å²) < 4.78 is 5.06. The second-order valence-corrected chi connectivity index (χ2v) is 6.06. The van der Waals surface area contributed by atoms with Crippen LogP contribution in [-0.2, 0) is 6.54 Å². The highest BCUT2D eigenvalue weighted by molar-refractivity contribution is 5.89. The van der Waals surface area contributed by atoms with E-state index >= 15 is 0 Å². The minimum Gasteiger partial charge on any atom is -0.355 e. The Morgan fingerprint density at radius 1 is 1.08 bits per heavy atom. The maximum Gasteiger partial charge on any atom is 0.223 e. The van der Waals surface area contributed by atoms with Gasteiger partial charge in [-0.05, 0) is 18.6 Å². The highest BCUT2D eigenvalue weighted by atomic mass is 16.5. The van der Waals surface area contributed by atoms with Crippen LogP contribution in [0.4, 0.5) is 5.82 Å². The topological polar surface area (TPSA) is 71.2 Å². The van der Waals surface area contributed by atoms with Gasteiger partial charge in [0, 0.05) is 38.5 Å². The number of anilines is 1. The lowest BCUT2D eigenvalue weighted by molar-refractivity contribution is 0.272. The number of hydrogen-bond acceptors (Lipinski definition) is 7. The first-order valence-electron chi connectivity index (χ1n) is 8.26. The van der Waals surface area contributed by atoms with Gasteiger partial charge in [0.25, 0.3) is 0 Å². The number of hydrogen-bond donors (Lipinski definition) is 0. The SMILES string of the molecule is Cc1nc(CN2CCCN(c3ncnc4ccccc34)CC2)no1. The molecule has 0 unspecified atom stereocenters. The van der Waals surface area contributed by atoms with E-state index in [1.165, 1.54) is 0 Å². The Balaban J connectivity index is 1.50. The maximum atomic E-state index is 5.06. The second kappa shape index (κ2) is 6.52. The average Bonchev–Trinajstić information content (AvgIpc) is 2.88. The Bertz CT molecular complexity index is 827. The van der Waals surface area contributed by atoms with Crippen LogP contribution in [0.25, 0.3) is 10.9 Å². The highest BCUT2D eigenvalue weighted by Gasteiger charge is 2.19. The van der Waals surface area contributed by atoms with Crippen molar-refractivity contribution in [2.45, 2.75) is 19.9 Å². The summed E-state index contributed by atoms with van der Waals surface area (Å²) in [5.41, 5.74) is 0.992. The van der Waals surface area contributed by atoms with Crippen LogP contribution in [0.1, 0.15) is 18.1 Å². The summed E-state index contributed by atoms with van der Waals surface area (Å²) in [6.07, 6.45) is 2.73. The van der Waals surface area contributed by atoms with E-state index in [0.29, 0.717) is 5.89 Å². The van der Waals surface area contributed by atoms with Crippen LogP contribution < -0.4 is 4.90 Å². The fourth-order valence-corrected chi connectivity index (χ4v) is 3.19. The molecule has 7 heteroatoms. The smallest absolute Gasteiger partial charge is 0.223 e. The van der Waals surface area contributed by atoms with Gasteiger partial charge in [0.1, 0.15) is 12.1 Å². The molecule has 7 nitrogen and oxygen atoms in total. The van der Waals surface area contributed by atoms with E-state index < -0.39 is 0 Å². The Hall–Kier alpha value is -2.54. The number of rotatable bonds is 3. The van der Waals surface area contributed by atoms with Crippen LogP contribution in [0.3, 0.4) is 0 Å². The minimum absolute atomic E-state index is 0.619. The standard InChI is InChI=1S/C17H20N6O/c1-13-20-16(21-24-13)11-22-7-4-8-23(10-9-22)17-14-5-2-3-6-15(14)18-12-19-17/h2-3,5-6,12H,4,7-11H2,1H3. The number of nitrogens with zero attached hydrogens (tertiary/aromatic N) is 6. The Labute approximate surface area is 140 Å². The largest absolute Gasteiger partial charge is 0.355 e. The molecule has 24 heavy (non-hydrogen) atoms. The zero-order chi connectivity index (χ0) is 16.4. The van der Waals surface area contributed by atoms with E-state index in [9.17, 15) is 0 Å². The molecule has 1 fully saturated rings. The molecule has 2 aromatic heterocycles. The molecule has 1 aliphatic heterocycles. The first-order chi connectivity index (χ1) is 11.8. The highest BCUT2D eigenvalue weighted by Crippen LogP contribution is 2.23. The van der Waals surface area contributed by atoms with Gasteiger partial charge in [0.05, 0.1) is 12.1 Å². The monoisotopic (exact) mass is 324 g/mol. The van der Waals surface area contributed by atoms with Crippen LogP contribution in [0.5, 0.6) is 0 Å². The molecule has 1 saturated heterocycles. The zero-order valence-electron chi connectivity index (χ0n) is 13.7. The quantitative estimate of drug-likeness (QED) is 0.730. The number of aromatic nitrogens is 4. The summed E-state index contributed by atoms with van der Waals surface area (Å²) in [6, 6.07) is 8.17. The van der Waals surface area contributed by atoms with Crippen molar-refractivity contribution in [2.75, 3.05) is 31.1 Å². The second-order valence-electron chi connectivity index (χ2n) is 6.06. The molecule has 0 radical (unpaired) electrons. The van der Waals surface area contributed by atoms with Gasteiger partial charge in [-0.3, -0.25) is 4.90 Å². The van der Waals surface area contributed by atoms with E-state index in [-0.39, 0.29) is 0 Å². The Morgan fingerprint density at radius 3 is 2.88 bits per heavy atom. The van der Waals surface area contributed by atoms with Gasteiger partial charge in [0.2, 0.25) is 5.89 Å². The molecule has 3 heterocycles. The number of aryl methyl sites for hydroxylation is 1. The molecular weight excluding hydrogens is 304 g/mol. The summed E-state index contributed by atoms with van der Waals surface area (Å²) in [5.74, 6) is 2.40. The van der Waals surface area contributed by atoms with Crippen molar-refractivity contribution < 1.29 is 4.52 Å². The number of para-hydroxylation sites is 1. The van der Waals surface area contributed by atoms with E-state index in [1.807, 2.05) is 25.1 Å². The summed E-state index contributed by atoms with van der Waals surface area (Å²) in [5, 5.41) is 5.11. The lowest BCUT2D eigenvalue weighted by Crippen LogP contribution is -2.31. The third-order valence-corrected chi connectivity index (χ3v) is 4.34. The molecule has 3 aromatic rings. The first kappa shape index (κ1) is 15.0. The van der Waals surface area contributed by atoms with E-state index in [0.717, 1.165) is 61.7 Å². The van der Waals surface area contributed by atoms with E-state index in [4.69, 9.17) is 4.52 Å². The molecule has 0 atom stereocenters.